The van der Waals surface area contributed by atoms with E-state index in [1.807, 2.05) is 0 Å². The van der Waals surface area contributed by atoms with Gasteiger partial charge in [-0.2, -0.15) is 0 Å². The number of aromatic nitrogens is 2. The highest BCUT2D eigenvalue weighted by molar-refractivity contribution is 8.01. The molecule has 0 bridgehead atoms. The van der Waals surface area contributed by atoms with Crippen LogP contribution in [0.15, 0.2) is 8.68 Å². The zero-order valence-electron chi connectivity index (χ0n) is 8.06. The van der Waals surface area contributed by atoms with Crippen molar-refractivity contribution in [3.8, 4) is 0 Å². The maximum atomic E-state index is 11.4. The number of sulfone groups is 1. The lowest BCUT2D eigenvalue weighted by Crippen LogP contribution is -2.02. The third-order valence-corrected chi connectivity index (χ3v) is 5.91. The van der Waals surface area contributed by atoms with Gasteiger partial charge in [0.15, 0.2) is 4.34 Å². The first-order chi connectivity index (χ1) is 6.60. The van der Waals surface area contributed by atoms with Gasteiger partial charge in [-0.15, -0.1) is 10.2 Å². The van der Waals surface area contributed by atoms with E-state index in [-0.39, 0.29) is 10.1 Å². The SMILES string of the molecule is CCCSc1nnc(S(=O)(=O)CC)s1. The second-order valence-corrected chi connectivity index (χ2v) is 7.36. The first-order valence-electron chi connectivity index (χ1n) is 4.29. The lowest BCUT2D eigenvalue weighted by Gasteiger charge is -1.91. The molecule has 0 atom stereocenters. The molecule has 4 nitrogen and oxygen atoms in total. The molecule has 0 aliphatic rings. The van der Waals surface area contributed by atoms with Crippen molar-refractivity contribution in [1.29, 1.82) is 0 Å². The number of hydrogen-bond donors (Lipinski definition) is 0. The van der Waals surface area contributed by atoms with Crippen LogP contribution in [0.25, 0.3) is 0 Å². The fraction of sp³-hybridized carbons (Fsp3) is 0.714. The Balaban J connectivity index is 2.78. The molecule has 0 spiro atoms. The molecule has 7 heteroatoms. The smallest absolute Gasteiger partial charge is 0.221 e. The van der Waals surface area contributed by atoms with Crippen LogP contribution in [0.2, 0.25) is 0 Å². The van der Waals surface area contributed by atoms with Gasteiger partial charge in [-0.05, 0) is 6.42 Å². The van der Waals surface area contributed by atoms with Crippen LogP contribution in [-0.2, 0) is 9.84 Å². The minimum Gasteiger partial charge on any atom is -0.221 e. The van der Waals surface area contributed by atoms with Gasteiger partial charge in [-0.25, -0.2) is 8.42 Å². The maximum Gasteiger partial charge on any atom is 0.233 e. The Hall–Kier alpha value is -0.140. The zero-order chi connectivity index (χ0) is 10.6. The summed E-state index contributed by atoms with van der Waals surface area (Å²) in [6, 6.07) is 0. The second kappa shape index (κ2) is 5.09. The van der Waals surface area contributed by atoms with Crippen molar-refractivity contribution in [2.75, 3.05) is 11.5 Å². The van der Waals surface area contributed by atoms with Crippen molar-refractivity contribution in [2.24, 2.45) is 0 Å². The van der Waals surface area contributed by atoms with Gasteiger partial charge < -0.3 is 0 Å². The third-order valence-electron chi connectivity index (χ3n) is 1.46. The highest BCUT2D eigenvalue weighted by Crippen LogP contribution is 2.25. The Kier molecular flexibility index (Phi) is 4.33. The predicted octanol–water partition coefficient (Wildman–Crippen LogP) is 1.83. The van der Waals surface area contributed by atoms with Gasteiger partial charge in [0.2, 0.25) is 14.2 Å². The summed E-state index contributed by atoms with van der Waals surface area (Å²) in [4.78, 5) is 0. The van der Waals surface area contributed by atoms with Crippen molar-refractivity contribution in [3.05, 3.63) is 0 Å². The highest BCUT2D eigenvalue weighted by atomic mass is 32.2. The van der Waals surface area contributed by atoms with Crippen LogP contribution in [0.3, 0.4) is 0 Å². The summed E-state index contributed by atoms with van der Waals surface area (Å²) in [6.07, 6.45) is 1.04. The molecular formula is C7H12N2O2S3. The minimum absolute atomic E-state index is 0.0834. The average Bonchev–Trinajstić information content (AvgIpc) is 2.63. The van der Waals surface area contributed by atoms with E-state index >= 15 is 0 Å². The molecular weight excluding hydrogens is 240 g/mol. The Bertz CT molecular complexity index is 385. The zero-order valence-corrected chi connectivity index (χ0v) is 10.5. The van der Waals surface area contributed by atoms with Crippen molar-refractivity contribution >= 4 is 32.9 Å². The van der Waals surface area contributed by atoms with Gasteiger partial charge in [0, 0.05) is 5.75 Å². The average molecular weight is 252 g/mol. The highest BCUT2D eigenvalue weighted by Gasteiger charge is 2.17. The summed E-state index contributed by atoms with van der Waals surface area (Å²) in [5, 5.41) is 7.49. The first-order valence-corrected chi connectivity index (χ1v) is 7.74. The number of hydrogen-bond acceptors (Lipinski definition) is 6. The quantitative estimate of drug-likeness (QED) is 0.748. The van der Waals surface area contributed by atoms with Crippen LogP contribution in [0, 0.1) is 0 Å². The van der Waals surface area contributed by atoms with Crippen LogP contribution in [0.1, 0.15) is 20.3 Å². The lowest BCUT2D eigenvalue weighted by molar-refractivity contribution is 0.595. The lowest BCUT2D eigenvalue weighted by atomic mass is 10.6. The molecule has 0 aromatic carbocycles. The van der Waals surface area contributed by atoms with Crippen molar-refractivity contribution in [2.45, 2.75) is 28.9 Å². The molecule has 0 fully saturated rings. The Labute approximate surface area is 92.1 Å². The topological polar surface area (TPSA) is 59.9 Å². The van der Waals surface area contributed by atoms with E-state index in [1.54, 1.807) is 18.7 Å². The molecule has 0 aliphatic carbocycles. The molecule has 80 valence electrons. The van der Waals surface area contributed by atoms with Crippen LogP contribution in [0.4, 0.5) is 0 Å². The Morgan fingerprint density at radius 3 is 2.64 bits per heavy atom. The Morgan fingerprint density at radius 1 is 1.36 bits per heavy atom. The molecule has 1 rings (SSSR count). The molecule has 0 amide bonds. The summed E-state index contributed by atoms with van der Waals surface area (Å²) in [7, 11) is -3.17. The van der Waals surface area contributed by atoms with Crippen LogP contribution < -0.4 is 0 Å². The van der Waals surface area contributed by atoms with Gasteiger partial charge in [-0.1, -0.05) is 36.9 Å². The molecule has 14 heavy (non-hydrogen) atoms. The minimum atomic E-state index is -3.17. The van der Waals surface area contributed by atoms with Crippen LogP contribution in [0.5, 0.6) is 0 Å². The molecule has 0 aliphatic heterocycles. The van der Waals surface area contributed by atoms with E-state index in [2.05, 4.69) is 17.1 Å². The van der Waals surface area contributed by atoms with E-state index in [9.17, 15) is 8.42 Å². The van der Waals surface area contributed by atoms with Gasteiger partial charge >= 0.3 is 0 Å². The predicted molar refractivity (Wildman–Crippen MR) is 58.7 cm³/mol. The summed E-state index contributed by atoms with van der Waals surface area (Å²) in [5.74, 6) is 1.03. The molecule has 0 N–H and O–H groups in total. The van der Waals surface area contributed by atoms with E-state index in [4.69, 9.17) is 0 Å². The summed E-state index contributed by atoms with van der Waals surface area (Å²) < 4.78 is 23.6. The second-order valence-electron chi connectivity index (χ2n) is 2.59. The van der Waals surface area contributed by atoms with Gasteiger partial charge in [0.1, 0.15) is 0 Å². The number of rotatable bonds is 5. The fourth-order valence-corrected chi connectivity index (χ4v) is 3.88. The van der Waals surface area contributed by atoms with E-state index < -0.39 is 9.84 Å². The van der Waals surface area contributed by atoms with Crippen LogP contribution in [-0.4, -0.2) is 30.1 Å². The molecule has 1 aromatic rings. The molecule has 0 radical (unpaired) electrons. The summed E-state index contributed by atoms with van der Waals surface area (Å²) in [5.41, 5.74) is 0. The molecule has 1 aromatic heterocycles. The largest absolute Gasteiger partial charge is 0.233 e. The van der Waals surface area contributed by atoms with Gasteiger partial charge in [0.05, 0.1) is 5.75 Å². The van der Waals surface area contributed by atoms with Crippen LogP contribution >= 0.6 is 23.1 Å². The standard InChI is InChI=1S/C7H12N2O2S3/c1-3-5-12-6-8-9-7(13-6)14(10,11)4-2/h3-5H2,1-2H3. The molecule has 0 saturated heterocycles. The van der Waals surface area contributed by atoms with E-state index in [1.165, 1.54) is 0 Å². The number of nitrogens with zero attached hydrogens (tertiary/aromatic N) is 2. The van der Waals surface area contributed by atoms with Crippen molar-refractivity contribution in [1.82, 2.24) is 10.2 Å². The summed E-state index contributed by atoms with van der Waals surface area (Å²) in [6.45, 7) is 3.67. The molecule has 1 heterocycles. The number of thioether (sulfide) groups is 1. The van der Waals surface area contributed by atoms with E-state index in [0.717, 1.165) is 27.9 Å². The molecule has 0 saturated carbocycles. The third kappa shape index (κ3) is 2.93. The van der Waals surface area contributed by atoms with Crippen molar-refractivity contribution < 1.29 is 8.42 Å². The van der Waals surface area contributed by atoms with E-state index in [0.29, 0.717) is 0 Å². The molecule has 0 unspecified atom stereocenters. The monoisotopic (exact) mass is 252 g/mol. The Morgan fingerprint density at radius 2 is 2.07 bits per heavy atom. The fourth-order valence-electron chi connectivity index (χ4n) is 0.694. The van der Waals surface area contributed by atoms with Gasteiger partial charge in [-0.3, -0.25) is 0 Å². The van der Waals surface area contributed by atoms with Crippen molar-refractivity contribution in [3.63, 3.8) is 0 Å². The first kappa shape index (κ1) is 11.9. The normalized spacial score (nSPS) is 11.9. The maximum absolute atomic E-state index is 11.4. The van der Waals surface area contributed by atoms with Gasteiger partial charge in [0.25, 0.3) is 0 Å². The summed E-state index contributed by atoms with van der Waals surface area (Å²) >= 11 is 2.71.